The zero-order valence-electron chi connectivity index (χ0n) is 15.8. The second-order valence-corrected chi connectivity index (χ2v) is 9.53. The van der Waals surface area contributed by atoms with E-state index < -0.39 is 27.4 Å². The van der Waals surface area contributed by atoms with Crippen LogP contribution in [0.3, 0.4) is 0 Å². The van der Waals surface area contributed by atoms with E-state index in [0.29, 0.717) is 6.42 Å². The number of benzene rings is 3. The number of nitrogens with one attached hydrogen (secondary N) is 1. The van der Waals surface area contributed by atoms with Crippen LogP contribution in [0.1, 0.15) is 29.0 Å². The van der Waals surface area contributed by atoms with Gasteiger partial charge >= 0.3 is 5.97 Å². The van der Waals surface area contributed by atoms with Crippen LogP contribution in [0.4, 0.5) is 4.39 Å². The molecule has 7 heteroatoms. The predicted molar refractivity (Wildman–Crippen MR) is 109 cm³/mol. The summed E-state index contributed by atoms with van der Waals surface area (Å²) in [6.07, 6.45) is 0.629. The largest absolute Gasteiger partial charge is 0.480 e. The molecule has 2 N–H and O–H groups in total. The average molecular weight is 423 g/mol. The van der Waals surface area contributed by atoms with Crippen LogP contribution in [-0.2, 0) is 21.2 Å². The zero-order chi connectivity index (χ0) is 21.1. The summed E-state index contributed by atoms with van der Waals surface area (Å²) < 4.78 is 42.1. The van der Waals surface area contributed by atoms with E-state index in [1.807, 2.05) is 6.07 Å². The molecular formula is C23H18FNO4S. The molecule has 30 heavy (non-hydrogen) atoms. The Hall–Kier alpha value is -3.03. The monoisotopic (exact) mass is 423 g/mol. The highest BCUT2D eigenvalue weighted by atomic mass is 32.2. The lowest BCUT2D eigenvalue weighted by Crippen LogP contribution is -2.44. The first-order valence-electron chi connectivity index (χ1n) is 9.54. The second kappa shape index (κ2) is 6.48. The smallest absolute Gasteiger partial charge is 0.325 e. The molecule has 5 rings (SSSR count). The first kappa shape index (κ1) is 19.0. The molecule has 5 nitrogen and oxygen atoms in total. The summed E-state index contributed by atoms with van der Waals surface area (Å²) in [6, 6.07) is 18.3. The minimum atomic E-state index is -4.06. The summed E-state index contributed by atoms with van der Waals surface area (Å²) in [5.41, 5.74) is 2.57. The van der Waals surface area contributed by atoms with E-state index in [1.54, 1.807) is 42.5 Å². The summed E-state index contributed by atoms with van der Waals surface area (Å²) in [5.74, 6) is -1.95. The molecule has 1 fully saturated rings. The van der Waals surface area contributed by atoms with Crippen molar-refractivity contribution >= 4 is 16.0 Å². The molecule has 0 amide bonds. The van der Waals surface area contributed by atoms with Crippen molar-refractivity contribution in [2.75, 3.05) is 0 Å². The zero-order valence-corrected chi connectivity index (χ0v) is 16.6. The lowest BCUT2D eigenvalue weighted by Gasteiger charge is -2.16. The molecule has 2 atom stereocenters. The third-order valence-electron chi connectivity index (χ3n) is 5.99. The van der Waals surface area contributed by atoms with E-state index in [-0.39, 0.29) is 17.1 Å². The molecule has 0 aromatic heterocycles. The van der Waals surface area contributed by atoms with Crippen LogP contribution in [0, 0.1) is 5.82 Å². The Balaban J connectivity index is 1.46. The van der Waals surface area contributed by atoms with Gasteiger partial charge in [-0.3, -0.25) is 4.79 Å². The fraction of sp³-hybridized carbons (Fsp3) is 0.174. The van der Waals surface area contributed by atoms with Crippen LogP contribution >= 0.6 is 0 Å². The van der Waals surface area contributed by atoms with Crippen LogP contribution in [0.25, 0.3) is 11.1 Å². The molecule has 1 saturated carbocycles. The van der Waals surface area contributed by atoms with E-state index in [0.717, 1.165) is 27.8 Å². The third-order valence-corrected chi connectivity index (χ3v) is 7.49. The topological polar surface area (TPSA) is 83.5 Å². The Morgan fingerprint density at radius 2 is 1.67 bits per heavy atom. The number of carbonyl (C=O) groups is 1. The van der Waals surface area contributed by atoms with E-state index in [4.69, 9.17) is 0 Å². The Kier molecular flexibility index (Phi) is 4.10. The minimum Gasteiger partial charge on any atom is -0.480 e. The van der Waals surface area contributed by atoms with E-state index in [2.05, 4.69) is 4.72 Å². The normalized spacial score (nSPS) is 21.7. The minimum absolute atomic E-state index is 0.00821. The predicted octanol–water partition coefficient (Wildman–Crippen LogP) is 3.69. The number of aliphatic carboxylic acids is 1. The van der Waals surface area contributed by atoms with Crippen molar-refractivity contribution in [3.8, 4) is 11.1 Å². The van der Waals surface area contributed by atoms with Crippen molar-refractivity contribution in [1.82, 2.24) is 4.72 Å². The van der Waals surface area contributed by atoms with Gasteiger partial charge in [-0.05, 0) is 64.9 Å². The van der Waals surface area contributed by atoms with Crippen molar-refractivity contribution < 1.29 is 22.7 Å². The molecule has 0 bridgehead atoms. The highest BCUT2D eigenvalue weighted by molar-refractivity contribution is 7.89. The fourth-order valence-electron chi connectivity index (χ4n) is 4.37. The number of carboxylic acid groups (broad SMARTS) is 1. The molecule has 3 aromatic rings. The summed E-state index contributed by atoms with van der Waals surface area (Å²) in [5, 5.41) is 9.78. The maximum Gasteiger partial charge on any atom is 0.325 e. The van der Waals surface area contributed by atoms with Crippen LogP contribution < -0.4 is 4.72 Å². The van der Waals surface area contributed by atoms with Gasteiger partial charge in [0.2, 0.25) is 10.0 Å². The second-order valence-electron chi connectivity index (χ2n) is 7.85. The van der Waals surface area contributed by atoms with Gasteiger partial charge in [0.25, 0.3) is 0 Å². The van der Waals surface area contributed by atoms with E-state index in [1.165, 1.54) is 18.2 Å². The molecule has 3 aromatic carbocycles. The Morgan fingerprint density at radius 3 is 2.37 bits per heavy atom. The van der Waals surface area contributed by atoms with Gasteiger partial charge in [0.1, 0.15) is 11.4 Å². The van der Waals surface area contributed by atoms with Gasteiger partial charge in [0.15, 0.2) is 0 Å². The molecule has 2 aliphatic carbocycles. The number of sulfonamides is 1. The molecule has 2 aliphatic rings. The summed E-state index contributed by atoms with van der Waals surface area (Å²) >= 11 is 0. The van der Waals surface area contributed by atoms with Gasteiger partial charge < -0.3 is 5.11 Å². The molecule has 0 spiro atoms. The standard InChI is InChI=1S/C23H18FNO4S/c24-17-6-8-19-15(11-17)10-16-12-18(7-9-20(16)19)30(28,29)25-23(22(26)27)13-21(23)14-4-2-1-3-5-14/h1-9,11-12,21,25H,10,13H2,(H,26,27). The van der Waals surface area contributed by atoms with Gasteiger partial charge in [0, 0.05) is 5.92 Å². The van der Waals surface area contributed by atoms with Gasteiger partial charge in [-0.25, -0.2) is 12.8 Å². The third kappa shape index (κ3) is 2.93. The average Bonchev–Trinajstić information content (AvgIpc) is 3.33. The van der Waals surface area contributed by atoms with Crippen LogP contribution in [0.2, 0.25) is 0 Å². The highest BCUT2D eigenvalue weighted by Gasteiger charge is 2.63. The number of hydrogen-bond donors (Lipinski definition) is 2. The maximum absolute atomic E-state index is 13.5. The Morgan fingerprint density at radius 1 is 1.00 bits per heavy atom. The van der Waals surface area contributed by atoms with Crippen molar-refractivity contribution in [3.05, 3.63) is 89.2 Å². The molecular weight excluding hydrogens is 405 g/mol. The van der Waals surface area contributed by atoms with Crippen LogP contribution in [0.15, 0.2) is 71.6 Å². The number of rotatable bonds is 5. The molecule has 0 radical (unpaired) electrons. The van der Waals surface area contributed by atoms with Crippen molar-refractivity contribution in [1.29, 1.82) is 0 Å². The number of halogens is 1. The molecule has 0 heterocycles. The lowest BCUT2D eigenvalue weighted by atomic mass is 10.1. The van der Waals surface area contributed by atoms with Crippen LogP contribution in [0.5, 0.6) is 0 Å². The summed E-state index contributed by atoms with van der Waals surface area (Å²) in [7, 11) is -4.06. The SMILES string of the molecule is O=C(O)C1(NS(=O)(=O)c2ccc3c(c2)Cc2cc(F)ccc2-3)CC1c1ccccc1. The highest BCUT2D eigenvalue weighted by Crippen LogP contribution is 2.52. The van der Waals surface area contributed by atoms with Crippen molar-refractivity contribution in [2.24, 2.45) is 0 Å². The van der Waals surface area contributed by atoms with Gasteiger partial charge in [-0.1, -0.05) is 42.5 Å². The lowest BCUT2D eigenvalue weighted by molar-refractivity contribution is -0.140. The Bertz CT molecular complexity index is 1290. The van der Waals surface area contributed by atoms with Gasteiger partial charge in [-0.15, -0.1) is 0 Å². The maximum atomic E-state index is 13.5. The van der Waals surface area contributed by atoms with Crippen LogP contribution in [-0.4, -0.2) is 25.0 Å². The van der Waals surface area contributed by atoms with E-state index in [9.17, 15) is 22.7 Å². The van der Waals surface area contributed by atoms with Gasteiger partial charge in [0.05, 0.1) is 4.90 Å². The van der Waals surface area contributed by atoms with Crippen molar-refractivity contribution in [2.45, 2.75) is 29.2 Å². The Labute approximate surface area is 173 Å². The summed E-state index contributed by atoms with van der Waals surface area (Å²) in [4.78, 5) is 12.0. The number of fused-ring (bicyclic) bond motifs is 3. The van der Waals surface area contributed by atoms with E-state index >= 15 is 0 Å². The fourth-order valence-corrected chi connectivity index (χ4v) is 5.82. The molecule has 0 aliphatic heterocycles. The quantitative estimate of drug-likeness (QED) is 0.513. The molecule has 0 saturated heterocycles. The van der Waals surface area contributed by atoms with Crippen molar-refractivity contribution in [3.63, 3.8) is 0 Å². The number of carboxylic acids is 1. The molecule has 2 unspecified atom stereocenters. The first-order chi connectivity index (χ1) is 14.3. The summed E-state index contributed by atoms with van der Waals surface area (Å²) in [6.45, 7) is 0. The number of hydrogen-bond acceptors (Lipinski definition) is 3. The van der Waals surface area contributed by atoms with Gasteiger partial charge in [-0.2, -0.15) is 4.72 Å². The molecule has 152 valence electrons. The first-order valence-corrected chi connectivity index (χ1v) is 11.0.